The number of ether oxygens (including phenoxy) is 1. The van der Waals surface area contributed by atoms with Gasteiger partial charge >= 0.3 is 0 Å². The van der Waals surface area contributed by atoms with Crippen LogP contribution in [0.3, 0.4) is 0 Å². The highest BCUT2D eigenvalue weighted by Gasteiger charge is 2.68. The summed E-state index contributed by atoms with van der Waals surface area (Å²) >= 11 is 0. The maximum absolute atomic E-state index is 11.1. The Morgan fingerprint density at radius 1 is 1.42 bits per heavy atom. The Morgan fingerprint density at radius 3 is 2.79 bits per heavy atom. The summed E-state index contributed by atoms with van der Waals surface area (Å²) < 4.78 is 5.44. The van der Waals surface area contributed by atoms with Gasteiger partial charge < -0.3 is 20.1 Å². The van der Waals surface area contributed by atoms with Crippen molar-refractivity contribution in [1.29, 1.82) is 0 Å². The lowest BCUT2D eigenvalue weighted by atomic mass is 9.55. The van der Waals surface area contributed by atoms with Crippen LogP contribution in [0.15, 0.2) is 23.8 Å². The van der Waals surface area contributed by atoms with Crippen molar-refractivity contribution in [3.63, 3.8) is 0 Å². The molecule has 1 saturated heterocycles. The molecular formula is C15H22O4. The van der Waals surface area contributed by atoms with Crippen molar-refractivity contribution in [3.8, 4) is 0 Å². The number of aliphatic hydroxyl groups is 3. The average molecular weight is 266 g/mol. The molecule has 106 valence electrons. The van der Waals surface area contributed by atoms with Gasteiger partial charge in [-0.05, 0) is 36.3 Å². The van der Waals surface area contributed by atoms with Gasteiger partial charge in [0, 0.05) is 12.3 Å². The molecule has 1 aliphatic heterocycles. The van der Waals surface area contributed by atoms with E-state index in [2.05, 4.69) is 6.58 Å². The highest BCUT2D eigenvalue weighted by atomic mass is 16.6. The van der Waals surface area contributed by atoms with Crippen molar-refractivity contribution in [3.05, 3.63) is 23.8 Å². The molecule has 0 spiro atoms. The molecule has 3 N–H and O–H groups in total. The van der Waals surface area contributed by atoms with Crippen LogP contribution in [0.5, 0.6) is 0 Å². The van der Waals surface area contributed by atoms with Gasteiger partial charge in [-0.2, -0.15) is 0 Å². The van der Waals surface area contributed by atoms with E-state index in [0.717, 1.165) is 12.0 Å². The molecule has 0 radical (unpaired) electrons. The van der Waals surface area contributed by atoms with Crippen molar-refractivity contribution in [1.82, 2.24) is 0 Å². The Bertz CT molecular complexity index is 457. The standard InChI is InChI=1S/C15H22O4/c1-8-4-5-11-9(2)6-14(17)15(18,10(3)7-19-14)12(11)13(8)16/h4,9,11-13,16-18H,3,5-7H2,1-2H3/t9-,11+,12+,13+,14+,15+/m1/s1. The van der Waals surface area contributed by atoms with Gasteiger partial charge in [0.05, 0.1) is 12.7 Å². The first-order valence-corrected chi connectivity index (χ1v) is 6.93. The van der Waals surface area contributed by atoms with Gasteiger partial charge in [0.1, 0.15) is 5.60 Å². The molecule has 0 unspecified atom stereocenters. The number of hydrogen-bond donors (Lipinski definition) is 3. The predicted octanol–water partition coefficient (Wildman–Crippen LogP) is 0.976. The molecule has 0 aromatic carbocycles. The minimum absolute atomic E-state index is 0.141. The van der Waals surface area contributed by atoms with Gasteiger partial charge in [-0.3, -0.25) is 0 Å². The summed E-state index contributed by atoms with van der Waals surface area (Å²) in [6.07, 6.45) is 2.48. The molecule has 4 heteroatoms. The lowest BCUT2D eigenvalue weighted by molar-refractivity contribution is -0.307. The van der Waals surface area contributed by atoms with Crippen LogP contribution in [-0.2, 0) is 4.74 Å². The quantitative estimate of drug-likeness (QED) is 0.572. The van der Waals surface area contributed by atoms with E-state index in [4.69, 9.17) is 4.74 Å². The van der Waals surface area contributed by atoms with Gasteiger partial charge in [-0.15, -0.1) is 0 Å². The third-order valence-corrected chi connectivity index (χ3v) is 5.41. The van der Waals surface area contributed by atoms with Gasteiger partial charge in [0.15, 0.2) is 5.79 Å². The second kappa shape index (κ2) is 3.92. The average Bonchev–Trinajstić information content (AvgIpc) is 2.58. The smallest absolute Gasteiger partial charge is 0.199 e. The molecule has 19 heavy (non-hydrogen) atoms. The molecule has 0 aromatic heterocycles. The van der Waals surface area contributed by atoms with Crippen LogP contribution in [-0.4, -0.2) is 39.4 Å². The Kier molecular flexibility index (Phi) is 2.74. The molecule has 6 atom stereocenters. The Morgan fingerprint density at radius 2 is 2.11 bits per heavy atom. The zero-order valence-corrected chi connectivity index (χ0v) is 11.5. The van der Waals surface area contributed by atoms with E-state index in [1.807, 2.05) is 19.9 Å². The zero-order chi connectivity index (χ0) is 14.0. The summed E-state index contributed by atoms with van der Waals surface area (Å²) in [6, 6.07) is 0. The van der Waals surface area contributed by atoms with E-state index >= 15 is 0 Å². The first kappa shape index (κ1) is 13.3. The van der Waals surface area contributed by atoms with Gasteiger partial charge in [-0.25, -0.2) is 0 Å². The fraction of sp³-hybridized carbons (Fsp3) is 0.733. The number of aliphatic hydroxyl groups excluding tert-OH is 1. The molecule has 2 fully saturated rings. The first-order chi connectivity index (χ1) is 8.81. The highest BCUT2D eigenvalue weighted by Crippen LogP contribution is 2.57. The van der Waals surface area contributed by atoms with Crippen LogP contribution in [0.1, 0.15) is 26.7 Å². The maximum atomic E-state index is 11.1. The molecule has 0 bridgehead atoms. The SMILES string of the molecule is C=C1CO[C@@]2(O)C[C@@H](C)[C@@H]3CC=C(C)[C@H](O)[C@H]3[C@@]12O. The normalized spacial score (nSPS) is 53.5. The van der Waals surface area contributed by atoms with E-state index in [1.165, 1.54) is 0 Å². The predicted molar refractivity (Wildman–Crippen MR) is 70.1 cm³/mol. The van der Waals surface area contributed by atoms with E-state index in [1.54, 1.807) is 0 Å². The fourth-order valence-electron chi connectivity index (χ4n) is 4.23. The Labute approximate surface area is 113 Å². The molecule has 1 heterocycles. The molecule has 0 aromatic rings. The van der Waals surface area contributed by atoms with E-state index in [0.29, 0.717) is 12.0 Å². The zero-order valence-electron chi connectivity index (χ0n) is 11.5. The topological polar surface area (TPSA) is 69.9 Å². The van der Waals surface area contributed by atoms with Crippen LogP contribution in [0.25, 0.3) is 0 Å². The number of hydrogen-bond acceptors (Lipinski definition) is 4. The summed E-state index contributed by atoms with van der Waals surface area (Å²) in [4.78, 5) is 0. The molecular weight excluding hydrogens is 244 g/mol. The summed E-state index contributed by atoms with van der Waals surface area (Å²) in [5.41, 5.74) is -0.212. The number of rotatable bonds is 0. The second-order valence-corrected chi connectivity index (χ2v) is 6.44. The van der Waals surface area contributed by atoms with Gasteiger partial charge in [-0.1, -0.05) is 19.6 Å². The van der Waals surface area contributed by atoms with Crippen molar-refractivity contribution in [2.75, 3.05) is 6.61 Å². The van der Waals surface area contributed by atoms with Crippen LogP contribution < -0.4 is 0 Å². The number of allylic oxidation sites excluding steroid dienone is 1. The van der Waals surface area contributed by atoms with E-state index < -0.39 is 23.4 Å². The molecule has 1 saturated carbocycles. The minimum Gasteiger partial charge on any atom is -0.388 e. The highest BCUT2D eigenvalue weighted by molar-refractivity contribution is 5.32. The lowest BCUT2D eigenvalue weighted by Gasteiger charge is -2.55. The molecule has 4 nitrogen and oxygen atoms in total. The van der Waals surface area contributed by atoms with Crippen LogP contribution in [0.4, 0.5) is 0 Å². The van der Waals surface area contributed by atoms with Crippen molar-refractivity contribution in [2.45, 2.75) is 44.2 Å². The second-order valence-electron chi connectivity index (χ2n) is 6.44. The van der Waals surface area contributed by atoms with Crippen molar-refractivity contribution >= 4 is 0 Å². The van der Waals surface area contributed by atoms with Gasteiger partial charge in [0.2, 0.25) is 0 Å². The fourth-order valence-corrected chi connectivity index (χ4v) is 4.23. The summed E-state index contributed by atoms with van der Waals surface area (Å²) in [6.45, 7) is 7.92. The Balaban J connectivity index is 2.12. The maximum Gasteiger partial charge on any atom is 0.199 e. The molecule has 0 amide bonds. The first-order valence-electron chi connectivity index (χ1n) is 6.93. The molecule has 2 aliphatic carbocycles. The Hall–Kier alpha value is -0.680. The summed E-state index contributed by atoms with van der Waals surface area (Å²) in [5, 5.41) is 32.3. The number of fused-ring (bicyclic) bond motifs is 3. The molecule has 3 rings (SSSR count). The molecule has 3 aliphatic rings. The monoisotopic (exact) mass is 266 g/mol. The van der Waals surface area contributed by atoms with Crippen molar-refractivity contribution in [2.24, 2.45) is 17.8 Å². The summed E-state index contributed by atoms with van der Waals surface area (Å²) in [5.74, 6) is -1.73. The van der Waals surface area contributed by atoms with Crippen LogP contribution in [0, 0.1) is 17.8 Å². The van der Waals surface area contributed by atoms with Crippen LogP contribution >= 0.6 is 0 Å². The van der Waals surface area contributed by atoms with Crippen molar-refractivity contribution < 1.29 is 20.1 Å². The van der Waals surface area contributed by atoms with E-state index in [9.17, 15) is 15.3 Å². The minimum atomic E-state index is -1.61. The lowest BCUT2D eigenvalue weighted by Crippen LogP contribution is -2.66. The third kappa shape index (κ3) is 1.49. The van der Waals surface area contributed by atoms with E-state index in [-0.39, 0.29) is 18.4 Å². The summed E-state index contributed by atoms with van der Waals surface area (Å²) in [7, 11) is 0. The third-order valence-electron chi connectivity index (χ3n) is 5.41. The van der Waals surface area contributed by atoms with Gasteiger partial charge in [0.25, 0.3) is 0 Å². The van der Waals surface area contributed by atoms with Crippen LogP contribution in [0.2, 0.25) is 0 Å². The largest absolute Gasteiger partial charge is 0.388 e.